The van der Waals surface area contributed by atoms with E-state index in [1.165, 1.54) is 12.1 Å². The number of fused-ring (bicyclic) bond motifs is 1. The Kier molecular flexibility index (Phi) is 5.44. The van der Waals surface area contributed by atoms with Crippen molar-refractivity contribution in [2.24, 2.45) is 11.8 Å². The first-order valence-electron chi connectivity index (χ1n) is 7.44. The van der Waals surface area contributed by atoms with Crippen molar-refractivity contribution in [2.45, 2.75) is 26.8 Å². The van der Waals surface area contributed by atoms with E-state index in [2.05, 4.69) is 10.3 Å². The Bertz CT molecular complexity index is 658. The van der Waals surface area contributed by atoms with E-state index in [1.807, 2.05) is 19.9 Å². The lowest BCUT2D eigenvalue weighted by atomic mass is 9.97. The SMILES string of the molecule is CC(C)CC(CNCc1cc(F)cc2cccnc12)C(=O)O. The molecule has 0 amide bonds. The number of pyridine rings is 1. The van der Waals surface area contributed by atoms with E-state index in [0.717, 1.165) is 16.5 Å². The van der Waals surface area contributed by atoms with Crippen LogP contribution in [-0.2, 0) is 11.3 Å². The fraction of sp³-hybridized carbons (Fsp3) is 0.412. The minimum absolute atomic E-state index is 0.311. The van der Waals surface area contributed by atoms with Gasteiger partial charge < -0.3 is 10.4 Å². The molecule has 2 aromatic rings. The predicted molar refractivity (Wildman–Crippen MR) is 84.0 cm³/mol. The van der Waals surface area contributed by atoms with Gasteiger partial charge in [0.05, 0.1) is 11.4 Å². The molecule has 0 aliphatic rings. The van der Waals surface area contributed by atoms with Gasteiger partial charge in [-0.25, -0.2) is 4.39 Å². The Morgan fingerprint density at radius 3 is 2.86 bits per heavy atom. The number of halogens is 1. The lowest BCUT2D eigenvalue weighted by Gasteiger charge is -2.16. The molecular formula is C17H21FN2O2. The second kappa shape index (κ2) is 7.31. The van der Waals surface area contributed by atoms with E-state index < -0.39 is 11.9 Å². The van der Waals surface area contributed by atoms with Crippen molar-refractivity contribution < 1.29 is 14.3 Å². The van der Waals surface area contributed by atoms with Gasteiger partial charge in [-0.1, -0.05) is 19.9 Å². The molecule has 22 heavy (non-hydrogen) atoms. The average Bonchev–Trinajstić information content (AvgIpc) is 2.45. The van der Waals surface area contributed by atoms with Crippen molar-refractivity contribution in [3.8, 4) is 0 Å². The smallest absolute Gasteiger partial charge is 0.307 e. The van der Waals surface area contributed by atoms with Crippen molar-refractivity contribution in [3.63, 3.8) is 0 Å². The fourth-order valence-corrected chi connectivity index (χ4v) is 2.58. The summed E-state index contributed by atoms with van der Waals surface area (Å²) in [5.74, 6) is -1.23. The van der Waals surface area contributed by atoms with Crippen LogP contribution in [0.4, 0.5) is 4.39 Å². The molecule has 1 atom stereocenters. The normalized spacial score (nSPS) is 12.7. The Hall–Kier alpha value is -2.01. The van der Waals surface area contributed by atoms with Crippen molar-refractivity contribution in [1.82, 2.24) is 10.3 Å². The van der Waals surface area contributed by atoms with Crippen molar-refractivity contribution in [1.29, 1.82) is 0 Å². The quantitative estimate of drug-likeness (QED) is 0.824. The Balaban J connectivity index is 2.06. The molecule has 4 nitrogen and oxygen atoms in total. The standard InChI is InChI=1S/C17H21FN2O2/c1-11(2)6-14(17(21)22)10-19-9-13-8-15(18)7-12-4-3-5-20-16(12)13/h3-5,7-8,11,14,19H,6,9-10H2,1-2H3,(H,21,22). The number of aromatic nitrogens is 1. The van der Waals surface area contributed by atoms with E-state index >= 15 is 0 Å². The molecule has 2 N–H and O–H groups in total. The highest BCUT2D eigenvalue weighted by molar-refractivity contribution is 5.81. The maximum absolute atomic E-state index is 13.6. The number of nitrogens with zero attached hydrogens (tertiary/aromatic N) is 1. The number of hydrogen-bond donors (Lipinski definition) is 2. The second-order valence-corrected chi connectivity index (χ2v) is 5.94. The molecule has 5 heteroatoms. The van der Waals surface area contributed by atoms with E-state index in [9.17, 15) is 14.3 Å². The zero-order chi connectivity index (χ0) is 16.1. The van der Waals surface area contributed by atoms with Crippen LogP contribution in [0.2, 0.25) is 0 Å². The van der Waals surface area contributed by atoms with Crippen LogP contribution in [0, 0.1) is 17.7 Å². The number of aliphatic carboxylic acids is 1. The number of rotatable bonds is 7. The van der Waals surface area contributed by atoms with Gasteiger partial charge in [0.15, 0.2) is 0 Å². The number of carbonyl (C=O) groups is 1. The predicted octanol–water partition coefficient (Wildman–Crippen LogP) is 3.21. The third-order valence-corrected chi connectivity index (χ3v) is 3.56. The van der Waals surface area contributed by atoms with E-state index in [4.69, 9.17) is 0 Å². The molecule has 0 aliphatic carbocycles. The minimum atomic E-state index is -0.802. The van der Waals surface area contributed by atoms with Crippen molar-refractivity contribution in [3.05, 3.63) is 41.8 Å². The van der Waals surface area contributed by atoms with Gasteiger partial charge in [-0.15, -0.1) is 0 Å². The first-order chi connectivity index (χ1) is 10.5. The largest absolute Gasteiger partial charge is 0.481 e. The summed E-state index contributed by atoms with van der Waals surface area (Å²) >= 11 is 0. The number of hydrogen-bond acceptors (Lipinski definition) is 3. The minimum Gasteiger partial charge on any atom is -0.481 e. The van der Waals surface area contributed by atoms with Crippen LogP contribution in [0.3, 0.4) is 0 Å². The van der Waals surface area contributed by atoms with Crippen molar-refractivity contribution in [2.75, 3.05) is 6.54 Å². The molecule has 0 bridgehead atoms. The highest BCUT2D eigenvalue weighted by Crippen LogP contribution is 2.18. The summed E-state index contributed by atoms with van der Waals surface area (Å²) < 4.78 is 13.6. The highest BCUT2D eigenvalue weighted by Gasteiger charge is 2.18. The molecule has 118 valence electrons. The molecule has 1 aromatic carbocycles. The summed E-state index contributed by atoms with van der Waals surface area (Å²) in [7, 11) is 0. The highest BCUT2D eigenvalue weighted by atomic mass is 19.1. The van der Waals surface area contributed by atoms with E-state index in [0.29, 0.717) is 25.4 Å². The number of nitrogens with one attached hydrogen (secondary N) is 1. The van der Waals surface area contributed by atoms with Crippen LogP contribution in [-0.4, -0.2) is 22.6 Å². The first-order valence-corrected chi connectivity index (χ1v) is 7.44. The van der Waals surface area contributed by atoms with Gasteiger partial charge in [-0.2, -0.15) is 0 Å². The summed E-state index contributed by atoms with van der Waals surface area (Å²) in [6.07, 6.45) is 2.28. The molecule has 0 saturated heterocycles. The fourth-order valence-electron chi connectivity index (χ4n) is 2.58. The van der Waals surface area contributed by atoms with Gasteiger partial charge in [-0.3, -0.25) is 9.78 Å². The molecule has 1 unspecified atom stereocenters. The van der Waals surface area contributed by atoms with Gasteiger partial charge in [-0.05, 0) is 36.1 Å². The molecule has 0 radical (unpaired) electrons. The van der Waals surface area contributed by atoms with Gasteiger partial charge in [0.2, 0.25) is 0 Å². The summed E-state index contributed by atoms with van der Waals surface area (Å²) in [6.45, 7) is 4.76. The molecule has 0 spiro atoms. The summed E-state index contributed by atoms with van der Waals surface area (Å²) in [5.41, 5.74) is 1.48. The zero-order valence-corrected chi connectivity index (χ0v) is 12.8. The van der Waals surface area contributed by atoms with Crippen molar-refractivity contribution >= 4 is 16.9 Å². The van der Waals surface area contributed by atoms with Crippen LogP contribution < -0.4 is 5.32 Å². The summed E-state index contributed by atoms with van der Waals surface area (Å²) in [6, 6.07) is 6.47. The Morgan fingerprint density at radius 1 is 1.41 bits per heavy atom. The van der Waals surface area contributed by atoms with Crippen LogP contribution in [0.25, 0.3) is 10.9 Å². The van der Waals surface area contributed by atoms with Gasteiger partial charge in [0.25, 0.3) is 0 Å². The van der Waals surface area contributed by atoms with Crippen LogP contribution >= 0.6 is 0 Å². The molecular weight excluding hydrogens is 283 g/mol. The first kappa shape index (κ1) is 16.4. The topological polar surface area (TPSA) is 62.2 Å². The van der Waals surface area contributed by atoms with Gasteiger partial charge in [0, 0.05) is 24.7 Å². The zero-order valence-electron chi connectivity index (χ0n) is 12.8. The van der Waals surface area contributed by atoms with Gasteiger partial charge >= 0.3 is 5.97 Å². The number of carboxylic acids is 1. The lowest BCUT2D eigenvalue weighted by molar-refractivity contribution is -0.142. The monoisotopic (exact) mass is 304 g/mol. The second-order valence-electron chi connectivity index (χ2n) is 5.94. The number of benzene rings is 1. The maximum Gasteiger partial charge on any atom is 0.307 e. The van der Waals surface area contributed by atoms with Crippen LogP contribution in [0.5, 0.6) is 0 Å². The molecule has 0 saturated carbocycles. The number of carboxylic acid groups (broad SMARTS) is 1. The van der Waals surface area contributed by atoms with Crippen LogP contribution in [0.1, 0.15) is 25.8 Å². The Morgan fingerprint density at radius 2 is 2.18 bits per heavy atom. The molecule has 1 aromatic heterocycles. The summed E-state index contributed by atoms with van der Waals surface area (Å²) in [5, 5.41) is 13.1. The third-order valence-electron chi connectivity index (χ3n) is 3.56. The van der Waals surface area contributed by atoms with E-state index in [-0.39, 0.29) is 5.82 Å². The van der Waals surface area contributed by atoms with E-state index in [1.54, 1.807) is 12.3 Å². The summed E-state index contributed by atoms with van der Waals surface area (Å²) in [4.78, 5) is 15.5. The van der Waals surface area contributed by atoms with Crippen LogP contribution in [0.15, 0.2) is 30.5 Å². The van der Waals surface area contributed by atoms with Gasteiger partial charge in [0.1, 0.15) is 5.82 Å². The molecule has 0 fully saturated rings. The molecule has 0 aliphatic heterocycles. The third kappa shape index (κ3) is 4.24. The molecule has 2 rings (SSSR count). The Labute approximate surface area is 129 Å². The average molecular weight is 304 g/mol. The lowest BCUT2D eigenvalue weighted by Crippen LogP contribution is -2.29. The maximum atomic E-state index is 13.6. The molecule has 1 heterocycles.